The summed E-state index contributed by atoms with van der Waals surface area (Å²) in [5, 5.41) is 3.44. The Hall–Kier alpha value is -2.47. The van der Waals surface area contributed by atoms with Gasteiger partial charge in [-0.3, -0.25) is 0 Å². The van der Waals surface area contributed by atoms with E-state index >= 15 is 0 Å². The molecule has 1 aliphatic heterocycles. The van der Waals surface area contributed by atoms with Gasteiger partial charge in [-0.2, -0.15) is 0 Å². The molecule has 1 heterocycles. The second-order valence-electron chi connectivity index (χ2n) is 8.54. The van der Waals surface area contributed by atoms with Crippen molar-refractivity contribution in [3.63, 3.8) is 0 Å². The quantitative estimate of drug-likeness (QED) is 0.670. The summed E-state index contributed by atoms with van der Waals surface area (Å²) in [5.74, 6) is -0.425. The molecular formula is C23H29ClFN3O2. The molecule has 0 radical (unpaired) electrons. The van der Waals surface area contributed by atoms with Gasteiger partial charge in [0.05, 0.1) is 5.02 Å². The first-order valence-electron chi connectivity index (χ1n) is 10.2. The summed E-state index contributed by atoms with van der Waals surface area (Å²) < 4.78 is 18.8. The Balaban J connectivity index is 1.55. The number of hydrogen-bond donors (Lipinski definition) is 1. The molecule has 1 amide bonds. The van der Waals surface area contributed by atoms with E-state index in [0.717, 1.165) is 30.0 Å². The molecule has 1 N–H and O–H groups in total. The monoisotopic (exact) mass is 433 g/mol. The number of nitrogens with one attached hydrogen (secondary N) is 1. The summed E-state index contributed by atoms with van der Waals surface area (Å²) in [4.78, 5) is 16.2. The first kappa shape index (κ1) is 22.2. The van der Waals surface area contributed by atoms with Crippen LogP contribution in [0, 0.1) is 5.82 Å². The predicted octanol–water partition coefficient (Wildman–Crippen LogP) is 5.71. The number of nitrogens with zero attached hydrogens (tertiary/aromatic N) is 2. The van der Waals surface area contributed by atoms with E-state index in [1.54, 1.807) is 17.0 Å². The molecule has 5 nitrogen and oxygen atoms in total. The summed E-state index contributed by atoms with van der Waals surface area (Å²) in [6, 6.07) is 13.0. The fraction of sp³-hybridized carbons (Fsp3) is 0.435. The van der Waals surface area contributed by atoms with E-state index < -0.39 is 11.4 Å². The summed E-state index contributed by atoms with van der Waals surface area (Å²) in [6.45, 7) is 10.5. The molecule has 0 saturated carbocycles. The first-order valence-corrected chi connectivity index (χ1v) is 10.5. The maximum Gasteiger partial charge on any atom is 0.410 e. The zero-order chi connectivity index (χ0) is 21.9. The van der Waals surface area contributed by atoms with E-state index in [0.29, 0.717) is 13.1 Å². The minimum Gasteiger partial charge on any atom is -0.444 e. The average molecular weight is 434 g/mol. The van der Waals surface area contributed by atoms with Crippen molar-refractivity contribution in [2.75, 3.05) is 36.4 Å². The van der Waals surface area contributed by atoms with E-state index in [4.69, 9.17) is 16.3 Å². The van der Waals surface area contributed by atoms with Gasteiger partial charge < -0.3 is 19.9 Å². The van der Waals surface area contributed by atoms with E-state index in [1.807, 2.05) is 27.7 Å². The molecule has 2 aromatic carbocycles. The summed E-state index contributed by atoms with van der Waals surface area (Å²) in [6.07, 6.45) is -0.252. The number of carbonyl (C=O) groups is 1. The summed E-state index contributed by atoms with van der Waals surface area (Å²) in [7, 11) is 0. The number of hydrogen-bond acceptors (Lipinski definition) is 4. The third-order valence-corrected chi connectivity index (χ3v) is 5.28. The van der Waals surface area contributed by atoms with Crippen molar-refractivity contribution in [2.24, 2.45) is 0 Å². The molecule has 0 aliphatic carbocycles. The van der Waals surface area contributed by atoms with Crippen LogP contribution in [0.1, 0.15) is 39.3 Å². The van der Waals surface area contributed by atoms with Gasteiger partial charge in [0.25, 0.3) is 0 Å². The van der Waals surface area contributed by atoms with Crippen molar-refractivity contribution < 1.29 is 13.9 Å². The lowest BCUT2D eigenvalue weighted by Gasteiger charge is -2.36. The van der Waals surface area contributed by atoms with Gasteiger partial charge in [-0.05, 0) is 63.6 Å². The predicted molar refractivity (Wildman–Crippen MR) is 120 cm³/mol. The molecular weight excluding hydrogens is 405 g/mol. The number of piperazine rings is 1. The van der Waals surface area contributed by atoms with Crippen molar-refractivity contribution in [3.05, 3.63) is 58.9 Å². The number of rotatable bonds is 4. The fourth-order valence-electron chi connectivity index (χ4n) is 3.37. The molecule has 2 aromatic rings. The zero-order valence-electron chi connectivity index (χ0n) is 17.9. The third-order valence-electron chi connectivity index (χ3n) is 4.99. The molecule has 1 fully saturated rings. The number of amides is 1. The van der Waals surface area contributed by atoms with Crippen LogP contribution in [0.25, 0.3) is 0 Å². The molecule has 7 heteroatoms. The number of halogens is 2. The van der Waals surface area contributed by atoms with Gasteiger partial charge in [0.1, 0.15) is 11.4 Å². The van der Waals surface area contributed by atoms with Crippen molar-refractivity contribution in [3.8, 4) is 0 Å². The Morgan fingerprint density at radius 1 is 1.10 bits per heavy atom. The highest BCUT2D eigenvalue weighted by atomic mass is 35.5. The van der Waals surface area contributed by atoms with E-state index in [9.17, 15) is 9.18 Å². The Bertz CT molecular complexity index is 875. The van der Waals surface area contributed by atoms with Crippen LogP contribution < -0.4 is 10.2 Å². The van der Waals surface area contributed by atoms with Crippen LogP contribution >= 0.6 is 11.6 Å². The van der Waals surface area contributed by atoms with E-state index in [1.165, 1.54) is 6.07 Å². The maximum atomic E-state index is 13.3. The Kier molecular flexibility index (Phi) is 6.76. The number of ether oxygens (including phenoxy) is 1. The normalized spacial score (nSPS) is 15.7. The van der Waals surface area contributed by atoms with Gasteiger partial charge >= 0.3 is 6.09 Å². The van der Waals surface area contributed by atoms with Gasteiger partial charge in [0.2, 0.25) is 0 Å². The topological polar surface area (TPSA) is 44.8 Å². The number of carbonyl (C=O) groups excluding carboxylic acids is 1. The van der Waals surface area contributed by atoms with Crippen molar-refractivity contribution in [2.45, 2.75) is 39.3 Å². The molecule has 30 heavy (non-hydrogen) atoms. The minimum atomic E-state index is -0.478. The van der Waals surface area contributed by atoms with Crippen molar-refractivity contribution in [1.82, 2.24) is 4.90 Å². The Morgan fingerprint density at radius 2 is 1.73 bits per heavy atom. The average Bonchev–Trinajstić information content (AvgIpc) is 2.70. The Labute approximate surface area is 182 Å². The molecule has 1 aliphatic rings. The van der Waals surface area contributed by atoms with Crippen molar-refractivity contribution in [1.29, 1.82) is 0 Å². The third kappa shape index (κ3) is 5.79. The molecule has 162 valence electrons. The van der Waals surface area contributed by atoms with Gasteiger partial charge in [0.15, 0.2) is 0 Å². The molecule has 1 unspecified atom stereocenters. The molecule has 0 spiro atoms. The SMILES string of the molecule is CC(Nc1ccc(F)c(Cl)c1)c1ccc(N2CCN(C(=O)OC(C)(C)C)CC2)cc1. The molecule has 1 saturated heterocycles. The second kappa shape index (κ2) is 9.13. The first-order chi connectivity index (χ1) is 14.1. The van der Waals surface area contributed by atoms with E-state index in [2.05, 4.69) is 34.5 Å². The van der Waals surface area contributed by atoms with E-state index in [-0.39, 0.29) is 17.2 Å². The van der Waals surface area contributed by atoms with Gasteiger partial charge in [0, 0.05) is 43.6 Å². The smallest absolute Gasteiger partial charge is 0.410 e. The highest BCUT2D eigenvalue weighted by Gasteiger charge is 2.26. The highest BCUT2D eigenvalue weighted by Crippen LogP contribution is 2.26. The second-order valence-corrected chi connectivity index (χ2v) is 8.95. The largest absolute Gasteiger partial charge is 0.444 e. The van der Waals surface area contributed by atoms with Gasteiger partial charge in [-0.1, -0.05) is 23.7 Å². The van der Waals surface area contributed by atoms with Crippen LogP contribution in [-0.2, 0) is 4.74 Å². The molecule has 0 aromatic heterocycles. The Morgan fingerprint density at radius 3 is 2.30 bits per heavy atom. The van der Waals surface area contributed by atoms with Gasteiger partial charge in [-0.15, -0.1) is 0 Å². The lowest BCUT2D eigenvalue weighted by atomic mass is 10.1. The van der Waals surface area contributed by atoms with Crippen LogP contribution in [0.4, 0.5) is 20.6 Å². The van der Waals surface area contributed by atoms with Gasteiger partial charge in [-0.25, -0.2) is 9.18 Å². The van der Waals surface area contributed by atoms with Crippen LogP contribution in [-0.4, -0.2) is 42.8 Å². The molecule has 3 rings (SSSR count). The minimum absolute atomic E-state index is 0.0459. The lowest BCUT2D eigenvalue weighted by Crippen LogP contribution is -2.50. The summed E-state index contributed by atoms with van der Waals surface area (Å²) >= 11 is 5.86. The van der Waals surface area contributed by atoms with Crippen LogP contribution in [0.15, 0.2) is 42.5 Å². The zero-order valence-corrected chi connectivity index (χ0v) is 18.7. The highest BCUT2D eigenvalue weighted by molar-refractivity contribution is 6.31. The number of benzene rings is 2. The summed E-state index contributed by atoms with van der Waals surface area (Å²) in [5.41, 5.74) is 2.54. The molecule has 1 atom stereocenters. The molecule has 0 bridgehead atoms. The van der Waals surface area contributed by atoms with Crippen LogP contribution in [0.2, 0.25) is 5.02 Å². The van der Waals surface area contributed by atoms with Crippen molar-refractivity contribution >= 4 is 29.1 Å². The fourth-order valence-corrected chi connectivity index (χ4v) is 3.55. The standard InChI is InChI=1S/C23H29ClFN3O2/c1-16(26-18-7-10-21(25)20(24)15-18)17-5-8-19(9-6-17)27-11-13-28(14-12-27)22(29)30-23(2,3)4/h5-10,15-16,26H,11-14H2,1-4H3. The van der Waals surface area contributed by atoms with Crippen LogP contribution in [0.5, 0.6) is 0 Å². The lowest BCUT2D eigenvalue weighted by molar-refractivity contribution is 0.0240. The maximum absolute atomic E-state index is 13.3. The number of anilines is 2. The van der Waals surface area contributed by atoms with Crippen LogP contribution in [0.3, 0.4) is 0 Å².